The molecule has 0 radical (unpaired) electrons. The van der Waals surface area contributed by atoms with Crippen LogP contribution < -0.4 is 0 Å². The maximum Gasteiger partial charge on any atom is 0.135 e. The number of rotatable bonds is 4. The summed E-state index contributed by atoms with van der Waals surface area (Å²) in [6, 6.07) is 5.86. The Labute approximate surface area is 117 Å². The molecule has 1 aromatic carbocycles. The van der Waals surface area contributed by atoms with Crippen LogP contribution in [0.2, 0.25) is 0 Å². The molecule has 106 valence electrons. The van der Waals surface area contributed by atoms with E-state index in [1.165, 1.54) is 0 Å². The van der Waals surface area contributed by atoms with Crippen molar-refractivity contribution in [2.45, 2.75) is 25.4 Å². The lowest BCUT2D eigenvalue weighted by molar-refractivity contribution is -0.121. The summed E-state index contributed by atoms with van der Waals surface area (Å²) in [7, 11) is 0. The SMILES string of the molecule is O=C1CCN(CCC(O)c2ccc3[nH]ncc3c2)CC1. The molecule has 0 amide bonds. The van der Waals surface area contributed by atoms with E-state index in [1.54, 1.807) is 6.20 Å². The Hall–Kier alpha value is -1.72. The maximum atomic E-state index is 11.2. The third-order valence-electron chi connectivity index (χ3n) is 3.98. The fraction of sp³-hybridized carbons (Fsp3) is 0.467. The number of nitrogens with zero attached hydrogens (tertiary/aromatic N) is 2. The molecule has 0 spiro atoms. The van der Waals surface area contributed by atoms with Crippen molar-refractivity contribution >= 4 is 16.7 Å². The van der Waals surface area contributed by atoms with E-state index >= 15 is 0 Å². The van der Waals surface area contributed by atoms with E-state index in [1.807, 2.05) is 18.2 Å². The number of fused-ring (bicyclic) bond motifs is 1. The first-order valence-corrected chi connectivity index (χ1v) is 7.07. The number of hydrogen-bond donors (Lipinski definition) is 2. The summed E-state index contributed by atoms with van der Waals surface area (Å²) in [5.74, 6) is 0.354. The van der Waals surface area contributed by atoms with Gasteiger partial charge in [-0.1, -0.05) is 6.07 Å². The number of likely N-dealkylation sites (tertiary alicyclic amines) is 1. The summed E-state index contributed by atoms with van der Waals surface area (Å²) in [6.07, 6.45) is 3.29. The van der Waals surface area contributed by atoms with Crippen LogP contribution >= 0.6 is 0 Å². The molecule has 20 heavy (non-hydrogen) atoms. The average Bonchev–Trinajstić information content (AvgIpc) is 2.93. The Morgan fingerprint density at radius 1 is 1.35 bits per heavy atom. The normalized spacial score (nSPS) is 18.6. The van der Waals surface area contributed by atoms with Crippen LogP contribution in [-0.2, 0) is 4.79 Å². The van der Waals surface area contributed by atoms with Crippen LogP contribution in [0.1, 0.15) is 30.9 Å². The highest BCUT2D eigenvalue weighted by Gasteiger charge is 2.17. The second kappa shape index (κ2) is 5.73. The first-order chi connectivity index (χ1) is 9.72. The second-order valence-corrected chi connectivity index (χ2v) is 5.40. The first-order valence-electron chi connectivity index (χ1n) is 7.07. The standard InChI is InChI=1S/C15H19N3O2/c19-13-3-6-18(7-4-13)8-5-15(20)11-1-2-14-12(9-11)10-16-17-14/h1-2,9-10,15,20H,3-8H2,(H,16,17). The van der Waals surface area contributed by atoms with Crippen LogP contribution in [0.15, 0.2) is 24.4 Å². The predicted octanol–water partition coefficient (Wildman–Crippen LogP) is 1.65. The molecule has 2 heterocycles. The average molecular weight is 273 g/mol. The highest BCUT2D eigenvalue weighted by atomic mass is 16.3. The number of aromatic nitrogens is 2. The number of ketones is 1. The van der Waals surface area contributed by atoms with E-state index in [0.29, 0.717) is 25.0 Å². The number of aliphatic hydroxyl groups excluding tert-OH is 1. The number of hydrogen-bond acceptors (Lipinski definition) is 4. The van der Waals surface area contributed by atoms with Crippen LogP contribution in [0.5, 0.6) is 0 Å². The van der Waals surface area contributed by atoms with Crippen molar-refractivity contribution in [1.29, 1.82) is 0 Å². The van der Waals surface area contributed by atoms with Gasteiger partial charge in [0.1, 0.15) is 5.78 Å². The third kappa shape index (κ3) is 2.89. The zero-order valence-corrected chi connectivity index (χ0v) is 11.4. The van der Waals surface area contributed by atoms with Gasteiger partial charge >= 0.3 is 0 Å². The van der Waals surface area contributed by atoms with Crippen molar-refractivity contribution in [2.75, 3.05) is 19.6 Å². The van der Waals surface area contributed by atoms with Gasteiger partial charge in [-0.3, -0.25) is 9.89 Å². The lowest BCUT2D eigenvalue weighted by Crippen LogP contribution is -2.35. The lowest BCUT2D eigenvalue weighted by Gasteiger charge is -2.26. The number of nitrogens with one attached hydrogen (secondary N) is 1. The Balaban J connectivity index is 1.58. The van der Waals surface area contributed by atoms with Gasteiger partial charge in [-0.15, -0.1) is 0 Å². The Morgan fingerprint density at radius 2 is 2.15 bits per heavy atom. The molecule has 2 N–H and O–H groups in total. The Morgan fingerprint density at radius 3 is 2.95 bits per heavy atom. The molecule has 1 aliphatic rings. The number of aromatic amines is 1. The molecule has 0 saturated carbocycles. The molecule has 1 aliphatic heterocycles. The van der Waals surface area contributed by atoms with Gasteiger partial charge in [0.15, 0.2) is 0 Å². The van der Waals surface area contributed by atoms with Gasteiger partial charge in [0.25, 0.3) is 0 Å². The molecule has 5 nitrogen and oxygen atoms in total. The van der Waals surface area contributed by atoms with Crippen LogP contribution in [0.25, 0.3) is 10.9 Å². The van der Waals surface area contributed by atoms with Gasteiger partial charge in [0.05, 0.1) is 17.8 Å². The lowest BCUT2D eigenvalue weighted by atomic mass is 10.0. The minimum absolute atomic E-state index is 0.354. The molecular formula is C15H19N3O2. The minimum Gasteiger partial charge on any atom is -0.388 e. The largest absolute Gasteiger partial charge is 0.388 e. The monoisotopic (exact) mass is 273 g/mol. The molecule has 0 bridgehead atoms. The smallest absolute Gasteiger partial charge is 0.135 e. The third-order valence-corrected chi connectivity index (χ3v) is 3.98. The summed E-state index contributed by atoms with van der Waals surface area (Å²) in [4.78, 5) is 13.4. The van der Waals surface area contributed by atoms with Crippen molar-refractivity contribution in [3.63, 3.8) is 0 Å². The van der Waals surface area contributed by atoms with Crippen LogP contribution in [0.3, 0.4) is 0 Å². The van der Waals surface area contributed by atoms with E-state index in [2.05, 4.69) is 15.1 Å². The summed E-state index contributed by atoms with van der Waals surface area (Å²) in [5, 5.41) is 18.2. The van der Waals surface area contributed by atoms with E-state index in [0.717, 1.165) is 36.1 Å². The zero-order valence-electron chi connectivity index (χ0n) is 11.4. The number of Topliss-reactive ketones (excluding diaryl/α,β-unsaturated/α-hetero) is 1. The molecule has 1 fully saturated rings. The zero-order chi connectivity index (χ0) is 13.9. The number of H-pyrrole nitrogens is 1. The Kier molecular flexibility index (Phi) is 3.80. The molecular weight excluding hydrogens is 254 g/mol. The fourth-order valence-electron chi connectivity index (χ4n) is 2.67. The fourth-order valence-corrected chi connectivity index (χ4v) is 2.67. The second-order valence-electron chi connectivity index (χ2n) is 5.40. The minimum atomic E-state index is -0.466. The molecule has 1 aromatic heterocycles. The van der Waals surface area contributed by atoms with Gasteiger partial charge in [0.2, 0.25) is 0 Å². The maximum absolute atomic E-state index is 11.2. The molecule has 5 heteroatoms. The summed E-state index contributed by atoms with van der Waals surface area (Å²) in [6.45, 7) is 2.48. The van der Waals surface area contributed by atoms with Crippen molar-refractivity contribution in [1.82, 2.24) is 15.1 Å². The van der Waals surface area contributed by atoms with Crippen LogP contribution in [0.4, 0.5) is 0 Å². The van der Waals surface area contributed by atoms with Crippen molar-refractivity contribution in [3.8, 4) is 0 Å². The summed E-state index contributed by atoms with van der Waals surface area (Å²) < 4.78 is 0. The van der Waals surface area contributed by atoms with E-state index < -0.39 is 6.10 Å². The number of piperidine rings is 1. The van der Waals surface area contributed by atoms with Crippen LogP contribution in [0, 0.1) is 0 Å². The van der Waals surface area contributed by atoms with E-state index in [-0.39, 0.29) is 0 Å². The number of aliphatic hydroxyl groups is 1. The van der Waals surface area contributed by atoms with Crippen molar-refractivity contribution in [3.05, 3.63) is 30.0 Å². The topological polar surface area (TPSA) is 69.2 Å². The molecule has 0 aliphatic carbocycles. The molecule has 1 unspecified atom stereocenters. The first kappa shape index (κ1) is 13.3. The van der Waals surface area contributed by atoms with Crippen molar-refractivity contribution < 1.29 is 9.90 Å². The van der Waals surface area contributed by atoms with E-state index in [4.69, 9.17) is 0 Å². The molecule has 1 atom stereocenters. The Bertz CT molecular complexity index is 598. The van der Waals surface area contributed by atoms with Crippen molar-refractivity contribution in [2.24, 2.45) is 0 Å². The van der Waals surface area contributed by atoms with Gasteiger partial charge in [-0.2, -0.15) is 5.10 Å². The van der Waals surface area contributed by atoms with Gasteiger partial charge < -0.3 is 10.0 Å². The summed E-state index contributed by atoms with van der Waals surface area (Å²) in [5.41, 5.74) is 1.91. The predicted molar refractivity (Wildman–Crippen MR) is 76.4 cm³/mol. The highest BCUT2D eigenvalue weighted by Crippen LogP contribution is 2.21. The van der Waals surface area contributed by atoms with Crippen LogP contribution in [-0.4, -0.2) is 45.6 Å². The van der Waals surface area contributed by atoms with Gasteiger partial charge in [-0.05, 0) is 24.1 Å². The van der Waals surface area contributed by atoms with E-state index in [9.17, 15) is 9.90 Å². The highest BCUT2D eigenvalue weighted by molar-refractivity contribution is 5.79. The van der Waals surface area contributed by atoms with Gasteiger partial charge in [0, 0.05) is 37.9 Å². The number of carbonyl (C=O) groups is 1. The molecule has 2 aromatic rings. The number of carbonyl (C=O) groups excluding carboxylic acids is 1. The molecule has 1 saturated heterocycles. The van der Waals surface area contributed by atoms with Gasteiger partial charge in [-0.25, -0.2) is 0 Å². The quantitative estimate of drug-likeness (QED) is 0.888. The summed E-state index contributed by atoms with van der Waals surface area (Å²) >= 11 is 0. The number of benzene rings is 1. The molecule has 3 rings (SSSR count).